The normalized spacial score (nSPS) is 29.3. The average molecular weight is 611 g/mol. The molecule has 0 radical (unpaired) electrons. The first-order chi connectivity index (χ1) is 20.4. The first-order valence-electron chi connectivity index (χ1n) is 16.9. The van der Waals surface area contributed by atoms with E-state index in [1.807, 2.05) is 20.2 Å². The fourth-order valence-corrected chi connectivity index (χ4v) is 9.87. The third-order valence-electron chi connectivity index (χ3n) is 10.2. The summed E-state index contributed by atoms with van der Waals surface area (Å²) < 4.78 is 30.0. The Balaban J connectivity index is 1.80. The SMILES string of the molecule is CC(C)[C@H]1CC[C@@H](C)C[C@H]1OP(=O)(O[C@@H]1C[C@@H](C)CC[C@H]1C(C)C)[C@H](N[C@@H](C)c1ccccc1)c1ccc(N(C)C)cc1. The maximum Gasteiger partial charge on any atom is 0.352 e. The molecule has 2 aliphatic rings. The van der Waals surface area contributed by atoms with Crippen molar-refractivity contribution < 1.29 is 13.6 Å². The zero-order chi connectivity index (χ0) is 31.3. The molecule has 0 amide bonds. The van der Waals surface area contributed by atoms with Crippen LogP contribution in [0, 0.1) is 35.5 Å². The topological polar surface area (TPSA) is 50.8 Å². The number of anilines is 1. The van der Waals surface area contributed by atoms with Crippen LogP contribution in [0.1, 0.15) is 110 Å². The van der Waals surface area contributed by atoms with Gasteiger partial charge in [0.2, 0.25) is 0 Å². The Bertz CT molecular complexity index is 1130. The molecule has 0 aromatic heterocycles. The van der Waals surface area contributed by atoms with Crippen molar-refractivity contribution in [2.75, 3.05) is 19.0 Å². The smallest absolute Gasteiger partial charge is 0.352 e. The molecule has 2 aromatic carbocycles. The van der Waals surface area contributed by atoms with Gasteiger partial charge in [0.1, 0.15) is 5.78 Å². The van der Waals surface area contributed by atoms with Crippen LogP contribution in [0.3, 0.4) is 0 Å². The zero-order valence-corrected chi connectivity index (χ0v) is 29.2. The molecule has 2 fully saturated rings. The minimum atomic E-state index is -3.73. The number of nitrogens with zero attached hydrogens (tertiary/aromatic N) is 1. The van der Waals surface area contributed by atoms with Gasteiger partial charge in [0.25, 0.3) is 0 Å². The fourth-order valence-electron chi connectivity index (χ4n) is 7.40. The van der Waals surface area contributed by atoms with Crippen LogP contribution < -0.4 is 10.2 Å². The quantitative estimate of drug-likeness (QED) is 0.242. The second kappa shape index (κ2) is 15.1. The fraction of sp³-hybridized carbons (Fsp3) is 0.676. The largest absolute Gasteiger partial charge is 0.378 e. The molecule has 0 heterocycles. The first-order valence-corrected chi connectivity index (χ1v) is 18.5. The van der Waals surface area contributed by atoms with Gasteiger partial charge in [0.05, 0.1) is 12.2 Å². The highest BCUT2D eigenvalue weighted by Crippen LogP contribution is 2.65. The molecular weight excluding hydrogens is 551 g/mol. The van der Waals surface area contributed by atoms with E-state index in [-0.39, 0.29) is 18.2 Å². The Morgan fingerprint density at radius 2 is 1.21 bits per heavy atom. The molecule has 4 rings (SSSR count). The summed E-state index contributed by atoms with van der Waals surface area (Å²) in [6.45, 7) is 15.9. The summed E-state index contributed by atoms with van der Waals surface area (Å²) in [6, 6.07) is 18.8. The lowest BCUT2D eigenvalue weighted by Crippen LogP contribution is -2.38. The summed E-state index contributed by atoms with van der Waals surface area (Å²) in [5.41, 5.74) is 3.21. The Morgan fingerprint density at radius 1 is 0.721 bits per heavy atom. The number of rotatable bonds is 12. The molecule has 6 heteroatoms. The standard InChI is InChI=1S/C37H59N2O3P/c1-25(2)33-21-15-27(5)23-35(33)41-43(40,42-36-24-28(6)16-22-34(36)26(3)4)37(31-17-19-32(20-18-31)39(8)9)38-29(7)30-13-11-10-12-14-30/h10-14,17-20,25-29,33-38H,15-16,21-24H2,1-9H3/t27-,28+,29-,33-,34+,35+,36+,37-,43?/m0/s1. The van der Waals surface area contributed by atoms with Crippen molar-refractivity contribution in [3.05, 3.63) is 65.7 Å². The van der Waals surface area contributed by atoms with Gasteiger partial charge < -0.3 is 13.9 Å². The van der Waals surface area contributed by atoms with Crippen molar-refractivity contribution in [2.45, 2.75) is 111 Å². The first kappa shape index (κ1) is 34.2. The van der Waals surface area contributed by atoms with Gasteiger partial charge in [-0.3, -0.25) is 9.88 Å². The van der Waals surface area contributed by atoms with E-state index in [9.17, 15) is 0 Å². The predicted octanol–water partition coefficient (Wildman–Crippen LogP) is 10.2. The molecule has 2 aliphatic carbocycles. The number of benzene rings is 2. The molecule has 1 unspecified atom stereocenters. The van der Waals surface area contributed by atoms with E-state index in [1.165, 1.54) is 12.8 Å². The highest BCUT2D eigenvalue weighted by molar-refractivity contribution is 7.54. The molecular formula is C37H59N2O3P. The van der Waals surface area contributed by atoms with Gasteiger partial charge in [0, 0.05) is 25.8 Å². The molecule has 43 heavy (non-hydrogen) atoms. The van der Waals surface area contributed by atoms with Gasteiger partial charge in [-0.15, -0.1) is 0 Å². The van der Waals surface area contributed by atoms with Crippen LogP contribution in [0.4, 0.5) is 5.69 Å². The van der Waals surface area contributed by atoms with Crippen LogP contribution in [0.2, 0.25) is 0 Å². The molecule has 9 atom stereocenters. The molecule has 0 spiro atoms. The van der Waals surface area contributed by atoms with E-state index < -0.39 is 13.4 Å². The Labute approximate surface area is 263 Å². The van der Waals surface area contributed by atoms with Crippen LogP contribution >= 0.6 is 7.60 Å². The molecule has 0 bridgehead atoms. The van der Waals surface area contributed by atoms with Crippen LogP contribution in [-0.4, -0.2) is 26.3 Å². The van der Waals surface area contributed by atoms with E-state index in [4.69, 9.17) is 9.05 Å². The van der Waals surface area contributed by atoms with Crippen molar-refractivity contribution >= 4 is 13.3 Å². The highest BCUT2D eigenvalue weighted by atomic mass is 31.2. The van der Waals surface area contributed by atoms with Crippen molar-refractivity contribution in [3.63, 3.8) is 0 Å². The van der Waals surface area contributed by atoms with Crippen LogP contribution in [-0.2, 0) is 13.6 Å². The van der Waals surface area contributed by atoms with Gasteiger partial charge >= 0.3 is 7.60 Å². The summed E-state index contributed by atoms with van der Waals surface area (Å²) in [5.74, 6) is 2.14. The molecule has 0 saturated heterocycles. The average Bonchev–Trinajstić information content (AvgIpc) is 2.96. The number of hydrogen-bond donors (Lipinski definition) is 1. The van der Waals surface area contributed by atoms with Crippen LogP contribution in [0.25, 0.3) is 0 Å². The van der Waals surface area contributed by atoms with E-state index in [0.29, 0.717) is 35.5 Å². The Hall–Kier alpha value is -1.65. The van der Waals surface area contributed by atoms with E-state index in [2.05, 4.69) is 107 Å². The number of nitrogens with one attached hydrogen (secondary N) is 1. The third-order valence-corrected chi connectivity index (χ3v) is 12.4. The van der Waals surface area contributed by atoms with Gasteiger partial charge in [-0.2, -0.15) is 0 Å². The Morgan fingerprint density at radius 3 is 1.65 bits per heavy atom. The van der Waals surface area contributed by atoms with Gasteiger partial charge in [0.15, 0.2) is 0 Å². The molecule has 0 aliphatic heterocycles. The zero-order valence-electron chi connectivity index (χ0n) is 28.3. The molecule has 1 N–H and O–H groups in total. The highest BCUT2D eigenvalue weighted by Gasteiger charge is 2.47. The van der Waals surface area contributed by atoms with Gasteiger partial charge in [-0.1, -0.05) is 96.8 Å². The second-order valence-electron chi connectivity index (χ2n) is 14.7. The lowest BCUT2D eigenvalue weighted by Gasteiger charge is -2.44. The minimum Gasteiger partial charge on any atom is -0.378 e. The summed E-state index contributed by atoms with van der Waals surface area (Å²) in [4.78, 5) is 2.10. The second-order valence-corrected chi connectivity index (χ2v) is 16.7. The minimum absolute atomic E-state index is 0.0439. The van der Waals surface area contributed by atoms with Crippen LogP contribution in [0.5, 0.6) is 0 Å². The predicted molar refractivity (Wildman–Crippen MR) is 182 cm³/mol. The third kappa shape index (κ3) is 8.75. The molecule has 2 aromatic rings. The Kier molecular flexibility index (Phi) is 12.0. The van der Waals surface area contributed by atoms with Crippen molar-refractivity contribution in [2.24, 2.45) is 35.5 Å². The van der Waals surface area contributed by atoms with Crippen molar-refractivity contribution in [3.8, 4) is 0 Å². The maximum absolute atomic E-state index is 15.9. The molecule has 2 saturated carbocycles. The summed E-state index contributed by atoms with van der Waals surface area (Å²) >= 11 is 0. The number of hydrogen-bond acceptors (Lipinski definition) is 5. The molecule has 240 valence electrons. The lowest BCUT2D eigenvalue weighted by atomic mass is 9.75. The van der Waals surface area contributed by atoms with E-state index >= 15 is 4.57 Å². The van der Waals surface area contributed by atoms with E-state index in [0.717, 1.165) is 42.5 Å². The summed E-state index contributed by atoms with van der Waals surface area (Å²) in [7, 11) is 0.362. The summed E-state index contributed by atoms with van der Waals surface area (Å²) in [5, 5.41) is 3.80. The molecule has 5 nitrogen and oxygen atoms in total. The van der Waals surface area contributed by atoms with Crippen LogP contribution in [0.15, 0.2) is 54.6 Å². The van der Waals surface area contributed by atoms with E-state index in [1.54, 1.807) is 0 Å². The maximum atomic E-state index is 15.9. The lowest BCUT2D eigenvalue weighted by molar-refractivity contribution is -0.00718. The van der Waals surface area contributed by atoms with Gasteiger partial charge in [-0.05, 0) is 91.4 Å². The van der Waals surface area contributed by atoms with Crippen molar-refractivity contribution in [1.82, 2.24) is 5.32 Å². The summed E-state index contributed by atoms with van der Waals surface area (Å²) in [6.07, 6.45) is 6.26. The van der Waals surface area contributed by atoms with Gasteiger partial charge in [-0.25, -0.2) is 0 Å². The monoisotopic (exact) mass is 610 g/mol. The van der Waals surface area contributed by atoms with Crippen molar-refractivity contribution in [1.29, 1.82) is 0 Å².